The van der Waals surface area contributed by atoms with Gasteiger partial charge in [0, 0.05) is 5.41 Å². The van der Waals surface area contributed by atoms with E-state index in [2.05, 4.69) is 52.5 Å². The number of ether oxygens (including phenoxy) is 1. The zero-order chi connectivity index (χ0) is 27.6. The minimum absolute atomic E-state index is 0.174. The zero-order valence-corrected chi connectivity index (χ0v) is 24.6. The highest BCUT2D eigenvalue weighted by molar-refractivity contribution is 5.30. The van der Waals surface area contributed by atoms with E-state index >= 15 is 0 Å². The molecular weight excluding hydrogens is 468 g/mol. The van der Waals surface area contributed by atoms with E-state index in [9.17, 15) is 20.6 Å². The smallest absolute Gasteiger partial charge is 0.266 e. The van der Waals surface area contributed by atoms with Crippen molar-refractivity contribution in [1.29, 1.82) is 0 Å². The lowest BCUT2D eigenvalue weighted by atomic mass is 9.39. The van der Waals surface area contributed by atoms with Crippen LogP contribution in [-0.2, 0) is 9.62 Å². The number of hydrogen-bond donors (Lipinski definition) is 4. The molecule has 3 fully saturated rings. The van der Waals surface area contributed by atoms with Gasteiger partial charge >= 0.3 is 0 Å². The van der Waals surface area contributed by atoms with Crippen molar-refractivity contribution < 1.29 is 30.2 Å². The molecule has 0 aromatic carbocycles. The van der Waals surface area contributed by atoms with Crippen LogP contribution < -0.4 is 0 Å². The largest absolute Gasteiger partial charge is 0.388 e. The van der Waals surface area contributed by atoms with Crippen LogP contribution in [0.3, 0.4) is 0 Å². The van der Waals surface area contributed by atoms with Crippen LogP contribution in [0.4, 0.5) is 0 Å². The number of aliphatic hydroxyl groups excluding tert-OH is 1. The summed E-state index contributed by atoms with van der Waals surface area (Å²) in [6.45, 7) is 16.2. The van der Waals surface area contributed by atoms with Gasteiger partial charge in [-0.1, -0.05) is 53.2 Å². The van der Waals surface area contributed by atoms with Crippen molar-refractivity contribution in [2.45, 2.75) is 137 Å². The van der Waals surface area contributed by atoms with E-state index in [4.69, 9.17) is 4.74 Å². The van der Waals surface area contributed by atoms with E-state index in [-0.39, 0.29) is 27.8 Å². The highest BCUT2D eigenvalue weighted by Crippen LogP contribution is 2.75. The van der Waals surface area contributed by atoms with Crippen molar-refractivity contribution >= 4 is 0 Å². The van der Waals surface area contributed by atoms with E-state index in [1.54, 1.807) is 13.8 Å². The maximum atomic E-state index is 10.4. The van der Waals surface area contributed by atoms with Crippen LogP contribution in [0.2, 0.25) is 0 Å². The normalized spacial score (nSPS) is 43.0. The number of aliphatic hydroxyl groups is 3. The second-order valence-corrected chi connectivity index (χ2v) is 15.0. The van der Waals surface area contributed by atoms with E-state index in [0.29, 0.717) is 30.1 Å². The molecule has 0 aromatic rings. The molecule has 4 N–H and O–H groups in total. The fraction of sp³-hybridized carbons (Fsp3) is 0.935. The van der Waals surface area contributed by atoms with Gasteiger partial charge in [-0.15, -0.1) is 0 Å². The summed E-state index contributed by atoms with van der Waals surface area (Å²) in [5, 5.41) is 38.8. The first-order valence-corrected chi connectivity index (χ1v) is 14.8. The number of hydrogen-bond acceptors (Lipinski definition) is 6. The van der Waals surface area contributed by atoms with Crippen molar-refractivity contribution in [1.82, 2.24) is 0 Å². The molecule has 0 aliphatic heterocycles. The maximum Gasteiger partial charge on any atom is 0.266 e. The number of allylic oxidation sites excluding steroid dienone is 1. The SMILES string of the molecule is C[C@H](CCC(OO)C(C)(C)O)[C@H]1CC[C@@]2(C)C3CC=C4C(CC[C@H](OC(O)O)C4(C)C)[C@]3(C)CC[C@]12C. The van der Waals surface area contributed by atoms with Crippen molar-refractivity contribution in [2.75, 3.05) is 0 Å². The molecule has 0 heterocycles. The number of rotatable bonds is 8. The number of fused-ring (bicyclic) bond motifs is 5. The second kappa shape index (κ2) is 9.85. The Balaban J connectivity index is 1.56. The topological polar surface area (TPSA) is 99.4 Å². The Labute approximate surface area is 224 Å². The highest BCUT2D eigenvalue weighted by Gasteiger charge is 2.67. The predicted molar refractivity (Wildman–Crippen MR) is 144 cm³/mol. The van der Waals surface area contributed by atoms with Crippen molar-refractivity contribution in [3.63, 3.8) is 0 Å². The first-order chi connectivity index (χ1) is 17.0. The van der Waals surface area contributed by atoms with Crippen LogP contribution in [0.5, 0.6) is 0 Å². The molecule has 0 bridgehead atoms. The standard InChI is InChI=1S/C31H54O6/c1-19(9-13-25(37-35)28(4,5)34)20-15-16-31(8)23-12-10-21-22(29(23,6)17-18-30(20,31)7)11-14-24(27(21,2)3)36-26(32)33/h10,19-20,22-26,32-35H,9,11-18H2,1-8H3/t19-,20-,22?,23?,24+,25?,29+,30-,31+/m1/s1. The molecule has 4 aliphatic carbocycles. The molecule has 3 saturated carbocycles. The summed E-state index contributed by atoms with van der Waals surface area (Å²) in [6.07, 6.45) is 11.3. The first kappa shape index (κ1) is 29.5. The highest BCUT2D eigenvalue weighted by atomic mass is 17.1. The van der Waals surface area contributed by atoms with Gasteiger partial charge in [-0.3, -0.25) is 5.26 Å². The average molecular weight is 523 g/mol. The van der Waals surface area contributed by atoms with Gasteiger partial charge in [0.05, 0.1) is 11.7 Å². The summed E-state index contributed by atoms with van der Waals surface area (Å²) in [5.74, 6) is 2.28. The van der Waals surface area contributed by atoms with Crippen molar-refractivity contribution in [2.24, 2.45) is 45.3 Å². The molecule has 3 unspecified atom stereocenters. The zero-order valence-electron chi connectivity index (χ0n) is 24.6. The summed E-state index contributed by atoms with van der Waals surface area (Å²) in [5.41, 5.74) is 0.981. The van der Waals surface area contributed by atoms with Gasteiger partial charge in [0.25, 0.3) is 6.48 Å². The molecule has 0 radical (unpaired) electrons. The molecule has 0 amide bonds. The van der Waals surface area contributed by atoms with E-state index in [0.717, 1.165) is 25.7 Å². The Morgan fingerprint density at radius 1 is 0.973 bits per heavy atom. The molecular formula is C31H54O6. The van der Waals surface area contributed by atoms with Gasteiger partial charge in [0.2, 0.25) is 0 Å². The van der Waals surface area contributed by atoms with Crippen molar-refractivity contribution in [3.8, 4) is 0 Å². The molecule has 4 aliphatic rings. The quantitative estimate of drug-likeness (QED) is 0.129. The van der Waals surface area contributed by atoms with Gasteiger partial charge in [-0.25, -0.2) is 4.89 Å². The third-order valence-electron chi connectivity index (χ3n) is 12.6. The third-order valence-corrected chi connectivity index (χ3v) is 12.6. The Kier molecular flexibility index (Phi) is 7.85. The summed E-state index contributed by atoms with van der Waals surface area (Å²) < 4.78 is 5.57. The first-order valence-electron chi connectivity index (χ1n) is 14.8. The average Bonchev–Trinajstić information content (AvgIpc) is 3.06. The molecule has 0 aromatic heterocycles. The van der Waals surface area contributed by atoms with Gasteiger partial charge in [-0.05, 0) is 112 Å². The minimum atomic E-state index is -1.72. The summed E-state index contributed by atoms with van der Waals surface area (Å²) >= 11 is 0. The van der Waals surface area contributed by atoms with Crippen LogP contribution in [0.25, 0.3) is 0 Å². The minimum Gasteiger partial charge on any atom is -0.388 e. The van der Waals surface area contributed by atoms with Gasteiger partial charge < -0.3 is 20.1 Å². The van der Waals surface area contributed by atoms with Crippen LogP contribution >= 0.6 is 0 Å². The van der Waals surface area contributed by atoms with Crippen molar-refractivity contribution in [3.05, 3.63) is 11.6 Å². The fourth-order valence-corrected chi connectivity index (χ4v) is 10.2. The lowest BCUT2D eigenvalue weighted by Crippen LogP contribution is -2.59. The summed E-state index contributed by atoms with van der Waals surface area (Å²) in [6, 6.07) is 0. The molecule has 4 rings (SSSR count). The summed E-state index contributed by atoms with van der Waals surface area (Å²) in [4.78, 5) is 4.67. The molecule has 6 nitrogen and oxygen atoms in total. The Hall–Kier alpha value is -0.500. The lowest BCUT2D eigenvalue weighted by molar-refractivity contribution is -0.312. The van der Waals surface area contributed by atoms with Crippen LogP contribution in [0.1, 0.15) is 113 Å². The van der Waals surface area contributed by atoms with Gasteiger partial charge in [0.15, 0.2) is 0 Å². The molecule has 0 saturated heterocycles. The fourth-order valence-electron chi connectivity index (χ4n) is 10.2. The van der Waals surface area contributed by atoms with E-state index in [1.807, 2.05) is 0 Å². The predicted octanol–water partition coefficient (Wildman–Crippen LogP) is 6.29. The van der Waals surface area contributed by atoms with E-state index in [1.165, 1.54) is 31.3 Å². The van der Waals surface area contributed by atoms with Gasteiger partial charge in [0.1, 0.15) is 6.10 Å². The van der Waals surface area contributed by atoms with Gasteiger partial charge in [-0.2, -0.15) is 0 Å². The molecule has 37 heavy (non-hydrogen) atoms. The Morgan fingerprint density at radius 3 is 2.24 bits per heavy atom. The molecule has 214 valence electrons. The lowest BCUT2D eigenvalue weighted by Gasteiger charge is -2.66. The summed E-state index contributed by atoms with van der Waals surface area (Å²) in [7, 11) is 0. The molecule has 9 atom stereocenters. The van der Waals surface area contributed by atoms with Crippen LogP contribution in [0.15, 0.2) is 11.6 Å². The Morgan fingerprint density at radius 2 is 1.65 bits per heavy atom. The third kappa shape index (κ3) is 4.66. The van der Waals surface area contributed by atoms with Crippen LogP contribution in [0, 0.1) is 45.3 Å². The monoisotopic (exact) mass is 522 g/mol. The van der Waals surface area contributed by atoms with E-state index < -0.39 is 18.2 Å². The second-order valence-electron chi connectivity index (χ2n) is 15.0. The Bertz CT molecular complexity index is 860. The molecule has 0 spiro atoms. The van der Waals surface area contributed by atoms with Crippen LogP contribution in [-0.4, -0.2) is 44.9 Å². The maximum absolute atomic E-state index is 10.4. The molecule has 6 heteroatoms.